The van der Waals surface area contributed by atoms with Gasteiger partial charge in [-0.15, -0.1) is 0 Å². The molecule has 1 aliphatic carbocycles. The number of nitrogen functional groups attached to an aromatic ring is 1. The van der Waals surface area contributed by atoms with Crippen LogP contribution in [0.4, 0.5) is 5.69 Å². The smallest absolute Gasteiger partial charge is 0.161 e. The van der Waals surface area contributed by atoms with E-state index < -0.39 is 0 Å². The minimum absolute atomic E-state index is 0.564. The molecule has 0 bridgehead atoms. The van der Waals surface area contributed by atoms with Crippen molar-refractivity contribution < 1.29 is 4.74 Å². The van der Waals surface area contributed by atoms with Gasteiger partial charge in [-0.2, -0.15) is 0 Å². The van der Waals surface area contributed by atoms with E-state index in [-0.39, 0.29) is 0 Å². The lowest BCUT2D eigenvalue weighted by Crippen LogP contribution is -1.95. The molecule has 0 spiro atoms. The van der Waals surface area contributed by atoms with Crippen LogP contribution in [0.25, 0.3) is 10.9 Å². The van der Waals surface area contributed by atoms with E-state index in [0.29, 0.717) is 11.4 Å². The summed E-state index contributed by atoms with van der Waals surface area (Å²) in [7, 11) is 0. The highest BCUT2D eigenvalue weighted by Crippen LogP contribution is 2.35. The number of para-hydroxylation sites is 1. The van der Waals surface area contributed by atoms with E-state index in [1.807, 2.05) is 30.3 Å². The molecule has 2 aromatic carbocycles. The molecule has 0 unspecified atom stereocenters. The highest BCUT2D eigenvalue weighted by atomic mass is 16.5. The predicted octanol–water partition coefficient (Wildman–Crippen LogP) is 4.10. The summed E-state index contributed by atoms with van der Waals surface area (Å²) in [5, 5.41) is 0.943. The fraction of sp³-hybridized carbons (Fsp3) is 0.167. The van der Waals surface area contributed by atoms with Crippen molar-refractivity contribution in [2.45, 2.75) is 19.3 Å². The van der Waals surface area contributed by atoms with Gasteiger partial charge >= 0.3 is 0 Å². The van der Waals surface area contributed by atoms with E-state index in [0.717, 1.165) is 23.1 Å². The molecular weight excluding hydrogens is 260 g/mol. The van der Waals surface area contributed by atoms with Crippen molar-refractivity contribution in [1.29, 1.82) is 0 Å². The number of nitrogens with two attached hydrogens (primary N) is 1. The van der Waals surface area contributed by atoms with Crippen LogP contribution in [0.2, 0.25) is 0 Å². The quantitative estimate of drug-likeness (QED) is 0.766. The molecule has 0 saturated heterocycles. The molecule has 21 heavy (non-hydrogen) atoms. The summed E-state index contributed by atoms with van der Waals surface area (Å²) >= 11 is 0. The van der Waals surface area contributed by atoms with Crippen molar-refractivity contribution in [3.05, 3.63) is 59.8 Å². The number of aryl methyl sites for hydroxylation is 2. The Balaban J connectivity index is 1.79. The maximum Gasteiger partial charge on any atom is 0.161 e. The number of ether oxygens (including phenoxy) is 1. The van der Waals surface area contributed by atoms with Crippen LogP contribution in [-0.4, -0.2) is 4.98 Å². The highest BCUT2D eigenvalue weighted by molar-refractivity contribution is 5.89. The molecule has 1 aromatic heterocycles. The molecule has 0 atom stereocenters. The molecule has 0 fully saturated rings. The van der Waals surface area contributed by atoms with E-state index in [1.54, 1.807) is 6.20 Å². The number of hydrogen-bond donors (Lipinski definition) is 1. The van der Waals surface area contributed by atoms with E-state index >= 15 is 0 Å². The average Bonchev–Trinajstić information content (AvgIpc) is 2.98. The van der Waals surface area contributed by atoms with Crippen molar-refractivity contribution >= 4 is 16.6 Å². The third kappa shape index (κ3) is 2.11. The number of nitrogens with zero attached hydrogens (tertiary/aromatic N) is 1. The van der Waals surface area contributed by atoms with E-state index in [1.165, 1.54) is 24.0 Å². The van der Waals surface area contributed by atoms with Gasteiger partial charge in [-0.1, -0.05) is 18.2 Å². The van der Waals surface area contributed by atoms with Gasteiger partial charge in [0.2, 0.25) is 0 Å². The van der Waals surface area contributed by atoms with Gasteiger partial charge in [0.1, 0.15) is 5.75 Å². The first kappa shape index (κ1) is 12.2. The predicted molar refractivity (Wildman–Crippen MR) is 84.7 cm³/mol. The summed E-state index contributed by atoms with van der Waals surface area (Å²) in [6.07, 6.45) is 5.21. The molecule has 3 aromatic rings. The van der Waals surface area contributed by atoms with Crippen LogP contribution in [0.5, 0.6) is 11.5 Å². The Labute approximate surface area is 123 Å². The van der Waals surface area contributed by atoms with Gasteiger partial charge in [-0.3, -0.25) is 4.98 Å². The number of fused-ring (bicyclic) bond motifs is 2. The molecule has 104 valence electrons. The fourth-order valence-corrected chi connectivity index (χ4v) is 2.97. The Hall–Kier alpha value is -2.55. The SMILES string of the molecule is Nc1cnc2ccccc2c1Oc1ccc2c(c1)CCC2. The van der Waals surface area contributed by atoms with Crippen molar-refractivity contribution in [3.8, 4) is 11.5 Å². The Morgan fingerprint density at radius 1 is 1.00 bits per heavy atom. The third-order valence-corrected chi connectivity index (χ3v) is 4.04. The van der Waals surface area contributed by atoms with Gasteiger partial charge in [0.15, 0.2) is 5.75 Å². The number of hydrogen-bond acceptors (Lipinski definition) is 3. The number of anilines is 1. The minimum atomic E-state index is 0.564. The first-order valence-corrected chi connectivity index (χ1v) is 7.24. The van der Waals surface area contributed by atoms with Gasteiger partial charge in [0.05, 0.1) is 17.4 Å². The Morgan fingerprint density at radius 3 is 2.81 bits per heavy atom. The number of aromatic nitrogens is 1. The first-order valence-electron chi connectivity index (χ1n) is 7.24. The molecule has 4 rings (SSSR count). The van der Waals surface area contributed by atoms with Crippen LogP contribution in [0.3, 0.4) is 0 Å². The molecule has 3 nitrogen and oxygen atoms in total. The van der Waals surface area contributed by atoms with Crippen molar-refractivity contribution in [2.75, 3.05) is 5.73 Å². The maximum atomic E-state index is 6.08. The maximum absolute atomic E-state index is 6.08. The summed E-state index contributed by atoms with van der Waals surface area (Å²) < 4.78 is 6.08. The Morgan fingerprint density at radius 2 is 1.86 bits per heavy atom. The molecule has 0 saturated carbocycles. The van der Waals surface area contributed by atoms with Crippen LogP contribution in [0.15, 0.2) is 48.7 Å². The molecule has 1 heterocycles. The zero-order valence-electron chi connectivity index (χ0n) is 11.7. The van der Waals surface area contributed by atoms with Gasteiger partial charge in [0.25, 0.3) is 0 Å². The summed E-state index contributed by atoms with van der Waals surface area (Å²) in [5.41, 5.74) is 10.3. The zero-order valence-corrected chi connectivity index (χ0v) is 11.7. The average molecular weight is 276 g/mol. The standard InChI is InChI=1S/C18H16N2O/c19-16-11-20-17-7-2-1-6-15(17)18(16)21-14-9-8-12-4-3-5-13(12)10-14/h1-2,6-11H,3-5,19H2. The summed E-state index contributed by atoms with van der Waals surface area (Å²) in [5.74, 6) is 1.54. The lowest BCUT2D eigenvalue weighted by molar-refractivity contribution is 0.489. The largest absolute Gasteiger partial charge is 0.454 e. The van der Waals surface area contributed by atoms with E-state index in [9.17, 15) is 0 Å². The lowest BCUT2D eigenvalue weighted by Gasteiger charge is -2.12. The van der Waals surface area contributed by atoms with Crippen LogP contribution < -0.4 is 10.5 Å². The number of rotatable bonds is 2. The summed E-state index contributed by atoms with van der Waals surface area (Å²) in [4.78, 5) is 4.34. The summed E-state index contributed by atoms with van der Waals surface area (Å²) in [6.45, 7) is 0. The van der Waals surface area contributed by atoms with Gasteiger partial charge in [0, 0.05) is 5.39 Å². The fourth-order valence-electron chi connectivity index (χ4n) is 2.97. The second-order valence-corrected chi connectivity index (χ2v) is 5.45. The summed E-state index contributed by atoms with van der Waals surface area (Å²) in [6, 6.07) is 14.2. The second kappa shape index (κ2) is 4.77. The first-order chi connectivity index (χ1) is 10.3. The Bertz CT molecular complexity index is 827. The third-order valence-electron chi connectivity index (χ3n) is 4.04. The topological polar surface area (TPSA) is 48.1 Å². The normalized spacial score (nSPS) is 13.3. The molecule has 0 aliphatic heterocycles. The zero-order chi connectivity index (χ0) is 14.2. The lowest BCUT2D eigenvalue weighted by atomic mass is 10.1. The number of benzene rings is 2. The Kier molecular flexibility index (Phi) is 2.78. The molecular formula is C18H16N2O. The molecule has 2 N–H and O–H groups in total. The van der Waals surface area contributed by atoms with Crippen molar-refractivity contribution in [3.63, 3.8) is 0 Å². The highest BCUT2D eigenvalue weighted by Gasteiger charge is 2.13. The number of pyridine rings is 1. The van der Waals surface area contributed by atoms with Crippen molar-refractivity contribution in [2.24, 2.45) is 0 Å². The van der Waals surface area contributed by atoms with Crippen LogP contribution in [0.1, 0.15) is 17.5 Å². The second-order valence-electron chi connectivity index (χ2n) is 5.45. The molecule has 0 radical (unpaired) electrons. The van der Waals surface area contributed by atoms with Crippen LogP contribution >= 0.6 is 0 Å². The molecule has 0 amide bonds. The van der Waals surface area contributed by atoms with Crippen LogP contribution in [-0.2, 0) is 12.8 Å². The van der Waals surface area contributed by atoms with Gasteiger partial charge in [-0.25, -0.2) is 0 Å². The molecule has 1 aliphatic rings. The molecule has 3 heteroatoms. The van der Waals surface area contributed by atoms with Gasteiger partial charge in [-0.05, 0) is 54.7 Å². The van der Waals surface area contributed by atoms with Crippen molar-refractivity contribution in [1.82, 2.24) is 4.98 Å². The van der Waals surface area contributed by atoms with Gasteiger partial charge < -0.3 is 10.5 Å². The van der Waals surface area contributed by atoms with Crippen LogP contribution in [0, 0.1) is 0 Å². The monoisotopic (exact) mass is 276 g/mol. The van der Waals surface area contributed by atoms with E-state index in [4.69, 9.17) is 10.5 Å². The minimum Gasteiger partial charge on any atom is -0.454 e. The van der Waals surface area contributed by atoms with E-state index in [2.05, 4.69) is 17.1 Å².